The summed E-state index contributed by atoms with van der Waals surface area (Å²) in [5, 5.41) is 0. The third-order valence-corrected chi connectivity index (χ3v) is 8.88. The van der Waals surface area contributed by atoms with Crippen molar-refractivity contribution < 1.29 is 13.2 Å². The molecular weight excluding hydrogens is 322 g/mol. The van der Waals surface area contributed by atoms with E-state index in [4.69, 9.17) is 0 Å². The fourth-order valence-corrected chi connectivity index (χ4v) is 7.63. The van der Waals surface area contributed by atoms with Crippen LogP contribution in [-0.4, -0.2) is 26.5 Å². The van der Waals surface area contributed by atoms with E-state index in [-0.39, 0.29) is 17.0 Å². The van der Waals surface area contributed by atoms with E-state index in [1.807, 2.05) is 24.3 Å². The Morgan fingerprint density at radius 3 is 2.67 bits per heavy atom. The summed E-state index contributed by atoms with van der Waals surface area (Å²) in [5.74, 6) is 0.475. The Morgan fingerprint density at radius 1 is 1.25 bits per heavy atom. The van der Waals surface area contributed by atoms with E-state index in [0.717, 1.165) is 36.9 Å². The van der Waals surface area contributed by atoms with Crippen LogP contribution in [0.1, 0.15) is 45.1 Å². The molecule has 0 unspecified atom stereocenters. The molecule has 130 valence electrons. The van der Waals surface area contributed by atoms with Crippen molar-refractivity contribution in [2.24, 2.45) is 16.7 Å². The van der Waals surface area contributed by atoms with Gasteiger partial charge in [0.15, 0.2) is 0 Å². The van der Waals surface area contributed by atoms with Gasteiger partial charge in [-0.15, -0.1) is 0 Å². The lowest BCUT2D eigenvalue weighted by Gasteiger charge is -2.39. The van der Waals surface area contributed by atoms with Gasteiger partial charge in [-0.25, -0.2) is 8.42 Å². The van der Waals surface area contributed by atoms with E-state index in [1.54, 1.807) is 4.31 Å². The lowest BCUT2D eigenvalue weighted by molar-refractivity contribution is -0.128. The highest BCUT2D eigenvalue weighted by Crippen LogP contribution is 2.64. The predicted octanol–water partition coefficient (Wildman–Crippen LogP) is 3.16. The molecule has 2 bridgehead atoms. The zero-order valence-electron chi connectivity index (χ0n) is 14.4. The highest BCUT2D eigenvalue weighted by atomic mass is 32.2. The first-order valence-corrected chi connectivity index (χ1v) is 10.5. The van der Waals surface area contributed by atoms with Crippen LogP contribution in [0.15, 0.2) is 24.3 Å². The standard InChI is InChI=1S/C19H25NO3S/c1-18(2)15-9-10-19(18,17(21)12-15)13-24(22,23)20-11-5-7-14-6-3-4-8-16(14)20/h3-4,6,8,15H,5,7,9-13H2,1-2H3/t15-,19-/m0/s1. The molecule has 24 heavy (non-hydrogen) atoms. The third kappa shape index (κ3) is 2.03. The highest BCUT2D eigenvalue weighted by molar-refractivity contribution is 7.92. The first-order chi connectivity index (χ1) is 11.3. The number of rotatable bonds is 3. The molecule has 2 atom stereocenters. The Balaban J connectivity index is 1.72. The summed E-state index contributed by atoms with van der Waals surface area (Å²) in [6, 6.07) is 7.74. The molecular formula is C19H25NO3S. The monoisotopic (exact) mass is 347 g/mol. The van der Waals surface area contributed by atoms with E-state index >= 15 is 0 Å². The molecule has 1 heterocycles. The van der Waals surface area contributed by atoms with Gasteiger partial charge in [0.2, 0.25) is 10.0 Å². The van der Waals surface area contributed by atoms with Crippen LogP contribution >= 0.6 is 0 Å². The van der Waals surface area contributed by atoms with E-state index in [0.29, 0.717) is 18.9 Å². The number of fused-ring (bicyclic) bond motifs is 3. The van der Waals surface area contributed by atoms with E-state index in [2.05, 4.69) is 13.8 Å². The van der Waals surface area contributed by atoms with Crippen LogP contribution < -0.4 is 4.31 Å². The van der Waals surface area contributed by atoms with Crippen LogP contribution in [0.3, 0.4) is 0 Å². The average molecular weight is 347 g/mol. The molecule has 2 fully saturated rings. The number of carbonyl (C=O) groups is 1. The first kappa shape index (κ1) is 16.1. The molecule has 4 rings (SSSR count). The molecule has 0 saturated heterocycles. The third-order valence-electron chi connectivity index (χ3n) is 6.97. The number of para-hydroxylation sites is 1. The number of hydrogen-bond acceptors (Lipinski definition) is 3. The molecule has 1 aliphatic heterocycles. The van der Waals surface area contributed by atoms with Gasteiger partial charge >= 0.3 is 0 Å². The van der Waals surface area contributed by atoms with Crippen LogP contribution in [0.5, 0.6) is 0 Å². The fourth-order valence-electron chi connectivity index (χ4n) is 5.29. The summed E-state index contributed by atoms with van der Waals surface area (Å²) >= 11 is 0. The van der Waals surface area contributed by atoms with Crippen molar-refractivity contribution in [2.75, 3.05) is 16.6 Å². The SMILES string of the molecule is CC1(C)[C@H]2CC[C@]1(CS(=O)(=O)N1CCCc3ccccc31)C(=O)C2. The molecule has 2 saturated carbocycles. The van der Waals surface area contributed by atoms with E-state index in [1.165, 1.54) is 0 Å². The van der Waals surface area contributed by atoms with Gasteiger partial charge in [-0.05, 0) is 48.6 Å². The fraction of sp³-hybridized carbons (Fsp3) is 0.632. The second-order valence-electron chi connectivity index (χ2n) is 8.23. The number of nitrogens with zero attached hydrogens (tertiary/aromatic N) is 1. The minimum Gasteiger partial charge on any atom is -0.299 e. The second kappa shape index (κ2) is 5.07. The van der Waals surface area contributed by atoms with Crippen molar-refractivity contribution >= 4 is 21.5 Å². The van der Waals surface area contributed by atoms with E-state index in [9.17, 15) is 13.2 Å². The van der Waals surface area contributed by atoms with Gasteiger partial charge in [0.25, 0.3) is 0 Å². The molecule has 0 spiro atoms. The Morgan fingerprint density at radius 2 is 2.00 bits per heavy atom. The maximum atomic E-state index is 13.3. The minimum absolute atomic E-state index is 0.0311. The lowest BCUT2D eigenvalue weighted by atomic mass is 9.70. The maximum Gasteiger partial charge on any atom is 0.236 e. The van der Waals surface area contributed by atoms with Crippen molar-refractivity contribution in [3.05, 3.63) is 29.8 Å². The quantitative estimate of drug-likeness (QED) is 0.844. The average Bonchev–Trinajstić information content (AvgIpc) is 2.88. The van der Waals surface area contributed by atoms with E-state index < -0.39 is 15.4 Å². The van der Waals surface area contributed by atoms with Gasteiger partial charge in [-0.2, -0.15) is 0 Å². The molecule has 1 aromatic rings. The van der Waals surface area contributed by atoms with Crippen molar-refractivity contribution in [1.82, 2.24) is 0 Å². The second-order valence-corrected chi connectivity index (χ2v) is 10.1. The molecule has 2 aliphatic carbocycles. The highest BCUT2D eigenvalue weighted by Gasteiger charge is 2.65. The zero-order valence-corrected chi connectivity index (χ0v) is 15.2. The minimum atomic E-state index is -3.52. The van der Waals surface area contributed by atoms with Crippen molar-refractivity contribution in [1.29, 1.82) is 0 Å². The van der Waals surface area contributed by atoms with Crippen LogP contribution in [0.4, 0.5) is 5.69 Å². The number of hydrogen-bond donors (Lipinski definition) is 0. The summed E-state index contributed by atoms with van der Waals surface area (Å²) in [6.45, 7) is 4.71. The van der Waals surface area contributed by atoms with Gasteiger partial charge in [-0.1, -0.05) is 32.0 Å². The van der Waals surface area contributed by atoms with Crippen LogP contribution in [-0.2, 0) is 21.2 Å². The number of carbonyl (C=O) groups excluding carboxylic acids is 1. The van der Waals surface area contributed by atoms with Gasteiger partial charge in [0.05, 0.1) is 16.9 Å². The van der Waals surface area contributed by atoms with Gasteiger partial charge in [0.1, 0.15) is 5.78 Å². The van der Waals surface area contributed by atoms with Crippen molar-refractivity contribution in [3.63, 3.8) is 0 Å². The Labute approximate surface area is 144 Å². The number of sulfonamides is 1. The van der Waals surface area contributed by atoms with Crippen molar-refractivity contribution in [3.8, 4) is 0 Å². The van der Waals surface area contributed by atoms with Crippen LogP contribution in [0.2, 0.25) is 0 Å². The molecule has 0 N–H and O–H groups in total. The Hall–Kier alpha value is -1.36. The lowest BCUT2D eigenvalue weighted by Crippen LogP contribution is -2.47. The number of aryl methyl sites for hydroxylation is 1. The topological polar surface area (TPSA) is 54.5 Å². The summed E-state index contributed by atoms with van der Waals surface area (Å²) in [7, 11) is -3.52. The number of ketones is 1. The molecule has 0 amide bonds. The molecule has 3 aliphatic rings. The predicted molar refractivity (Wildman–Crippen MR) is 94.5 cm³/mol. The molecule has 1 aromatic carbocycles. The van der Waals surface area contributed by atoms with Crippen molar-refractivity contribution in [2.45, 2.75) is 46.0 Å². The maximum absolute atomic E-state index is 13.3. The number of Topliss-reactive ketones (excluding diaryl/α,β-unsaturated/α-hetero) is 1. The van der Waals surface area contributed by atoms with Crippen LogP contribution in [0, 0.1) is 16.7 Å². The number of benzene rings is 1. The molecule has 5 heteroatoms. The van der Waals surface area contributed by atoms with Gasteiger partial charge < -0.3 is 0 Å². The van der Waals surface area contributed by atoms with Gasteiger partial charge in [-0.3, -0.25) is 9.10 Å². The smallest absolute Gasteiger partial charge is 0.236 e. The molecule has 0 radical (unpaired) electrons. The summed E-state index contributed by atoms with van der Waals surface area (Å²) < 4.78 is 28.2. The molecule has 0 aromatic heterocycles. The zero-order chi connectivity index (χ0) is 17.2. The summed E-state index contributed by atoms with van der Waals surface area (Å²) in [6.07, 6.45) is 4.01. The summed E-state index contributed by atoms with van der Waals surface area (Å²) in [5.41, 5.74) is 0.985. The Bertz CT molecular complexity index is 799. The van der Waals surface area contributed by atoms with Gasteiger partial charge in [0, 0.05) is 13.0 Å². The largest absolute Gasteiger partial charge is 0.299 e. The normalized spacial score (nSPS) is 31.3. The summed E-state index contributed by atoms with van der Waals surface area (Å²) in [4.78, 5) is 12.7. The van der Waals surface area contributed by atoms with Crippen LogP contribution in [0.25, 0.3) is 0 Å². The Kier molecular flexibility index (Phi) is 3.41. The number of anilines is 1. The molecule has 4 nitrogen and oxygen atoms in total. The first-order valence-electron chi connectivity index (χ1n) is 8.90.